The van der Waals surface area contributed by atoms with Gasteiger partial charge in [-0.15, -0.1) is 11.3 Å². The molecular weight excluding hydrogens is 352 g/mol. The van der Waals surface area contributed by atoms with E-state index < -0.39 is 15.9 Å². The van der Waals surface area contributed by atoms with E-state index in [9.17, 15) is 13.2 Å². The second-order valence-electron chi connectivity index (χ2n) is 5.63. The number of carbonyl (C=O) groups excluding carboxylic acids is 1. The molecule has 3 rings (SSSR count). The highest BCUT2D eigenvalue weighted by molar-refractivity contribution is 7.90. The maximum atomic E-state index is 12.0. The third-order valence-corrected chi connectivity index (χ3v) is 5.90. The molecule has 130 valence electrons. The van der Waals surface area contributed by atoms with Crippen molar-refractivity contribution in [2.24, 2.45) is 0 Å². The fourth-order valence-electron chi connectivity index (χ4n) is 2.51. The smallest absolute Gasteiger partial charge is 0.239 e. The van der Waals surface area contributed by atoms with E-state index in [0.29, 0.717) is 18.7 Å². The largest absolute Gasteiger partial charge is 0.472 e. The third kappa shape index (κ3) is 4.65. The summed E-state index contributed by atoms with van der Waals surface area (Å²) >= 11 is 1.38. The molecule has 9 heteroatoms. The van der Waals surface area contributed by atoms with Crippen LogP contribution in [-0.4, -0.2) is 37.8 Å². The van der Waals surface area contributed by atoms with Gasteiger partial charge in [-0.05, 0) is 25.3 Å². The van der Waals surface area contributed by atoms with Gasteiger partial charge in [0.15, 0.2) is 0 Å². The Hall–Kier alpha value is -1.71. The van der Waals surface area contributed by atoms with Gasteiger partial charge < -0.3 is 9.15 Å². The number of carbonyl (C=O) groups is 1. The van der Waals surface area contributed by atoms with Crippen LogP contribution in [-0.2, 0) is 26.0 Å². The van der Waals surface area contributed by atoms with Crippen LogP contribution in [0.25, 0.3) is 10.6 Å². The van der Waals surface area contributed by atoms with Gasteiger partial charge in [0.1, 0.15) is 11.3 Å². The summed E-state index contributed by atoms with van der Waals surface area (Å²) in [5, 5.41) is 2.46. The highest BCUT2D eigenvalue weighted by atomic mass is 32.2. The molecule has 1 N–H and O–H groups in total. The van der Waals surface area contributed by atoms with E-state index in [-0.39, 0.29) is 18.3 Å². The quantitative estimate of drug-likeness (QED) is 0.835. The van der Waals surface area contributed by atoms with Crippen LogP contribution < -0.4 is 4.72 Å². The van der Waals surface area contributed by atoms with Crippen molar-refractivity contribution in [1.29, 1.82) is 0 Å². The Morgan fingerprint density at radius 1 is 1.42 bits per heavy atom. The molecule has 24 heavy (non-hydrogen) atoms. The second kappa shape index (κ2) is 7.45. The van der Waals surface area contributed by atoms with E-state index in [1.54, 1.807) is 24.0 Å². The number of thiazole rings is 1. The van der Waals surface area contributed by atoms with Crippen molar-refractivity contribution in [2.45, 2.75) is 31.8 Å². The van der Waals surface area contributed by atoms with E-state index in [4.69, 9.17) is 9.15 Å². The van der Waals surface area contributed by atoms with Crippen LogP contribution in [0, 0.1) is 0 Å². The number of nitrogens with zero attached hydrogens (tertiary/aromatic N) is 1. The number of amides is 1. The van der Waals surface area contributed by atoms with Gasteiger partial charge >= 0.3 is 0 Å². The van der Waals surface area contributed by atoms with Gasteiger partial charge in [0.05, 0.1) is 30.2 Å². The Balaban J connectivity index is 1.55. The molecule has 2 aromatic heterocycles. The van der Waals surface area contributed by atoms with Crippen molar-refractivity contribution < 1.29 is 22.4 Å². The molecule has 1 atom stereocenters. The van der Waals surface area contributed by atoms with Gasteiger partial charge in [0, 0.05) is 17.6 Å². The molecule has 7 nitrogen and oxygen atoms in total. The monoisotopic (exact) mass is 370 g/mol. The first-order valence-corrected chi connectivity index (χ1v) is 10.2. The Morgan fingerprint density at radius 3 is 3.00 bits per heavy atom. The number of ether oxygens (including phenoxy) is 1. The first-order chi connectivity index (χ1) is 11.5. The van der Waals surface area contributed by atoms with E-state index in [1.165, 1.54) is 11.3 Å². The maximum Gasteiger partial charge on any atom is 0.239 e. The van der Waals surface area contributed by atoms with Gasteiger partial charge in [-0.3, -0.25) is 9.52 Å². The summed E-state index contributed by atoms with van der Waals surface area (Å²) in [4.78, 5) is 16.3. The minimum atomic E-state index is -3.70. The predicted octanol–water partition coefficient (Wildman–Crippen LogP) is 1.96. The van der Waals surface area contributed by atoms with E-state index in [1.807, 2.05) is 0 Å². The number of hydrogen-bond donors (Lipinski definition) is 1. The molecule has 0 aliphatic carbocycles. The summed E-state index contributed by atoms with van der Waals surface area (Å²) in [5.41, 5.74) is 1.35. The average molecular weight is 370 g/mol. The number of aromatic nitrogens is 1. The standard InChI is InChI=1S/C15H18N2O5S2/c18-14(17-24(19,20)10-13-3-1-2-5-22-13)7-12-9-23-15(16-12)11-4-6-21-8-11/h4,6,8-9,13H,1-3,5,7,10H2,(H,17,18)/t13-/m0/s1. The Morgan fingerprint density at radius 2 is 2.29 bits per heavy atom. The zero-order chi connectivity index (χ0) is 17.0. The van der Waals surface area contributed by atoms with Crippen LogP contribution in [0.3, 0.4) is 0 Å². The van der Waals surface area contributed by atoms with Crippen LogP contribution in [0.15, 0.2) is 28.4 Å². The minimum Gasteiger partial charge on any atom is -0.472 e. The lowest BCUT2D eigenvalue weighted by Crippen LogP contribution is -2.38. The van der Waals surface area contributed by atoms with Crippen LogP contribution >= 0.6 is 11.3 Å². The molecule has 0 radical (unpaired) electrons. The molecule has 0 spiro atoms. The van der Waals surface area contributed by atoms with Gasteiger partial charge in [-0.1, -0.05) is 0 Å². The fraction of sp³-hybridized carbons (Fsp3) is 0.467. The molecule has 1 aliphatic heterocycles. The Kier molecular flexibility index (Phi) is 5.32. The lowest BCUT2D eigenvalue weighted by atomic mass is 10.1. The van der Waals surface area contributed by atoms with Crippen molar-refractivity contribution in [1.82, 2.24) is 9.71 Å². The first kappa shape index (κ1) is 17.1. The number of hydrogen-bond acceptors (Lipinski definition) is 7. The molecule has 3 heterocycles. The molecule has 1 amide bonds. The average Bonchev–Trinajstić information content (AvgIpc) is 3.17. The topological polar surface area (TPSA) is 98.5 Å². The SMILES string of the molecule is O=C(Cc1csc(-c2ccoc2)n1)NS(=O)(=O)C[C@@H]1CCCCO1. The van der Waals surface area contributed by atoms with Gasteiger partial charge in [-0.25, -0.2) is 13.4 Å². The number of nitrogens with one attached hydrogen (secondary N) is 1. The summed E-state index contributed by atoms with van der Waals surface area (Å²) in [6, 6.07) is 1.78. The lowest BCUT2D eigenvalue weighted by molar-refractivity contribution is -0.118. The highest BCUT2D eigenvalue weighted by Crippen LogP contribution is 2.24. The summed E-state index contributed by atoms with van der Waals surface area (Å²) in [7, 11) is -3.70. The Labute approximate surface area is 144 Å². The lowest BCUT2D eigenvalue weighted by Gasteiger charge is -2.22. The summed E-state index contributed by atoms with van der Waals surface area (Å²) in [6.45, 7) is 0.573. The van der Waals surface area contributed by atoms with Crippen LogP contribution in [0.4, 0.5) is 0 Å². The number of furan rings is 1. The molecule has 1 aliphatic rings. The van der Waals surface area contributed by atoms with E-state index in [2.05, 4.69) is 9.71 Å². The zero-order valence-electron chi connectivity index (χ0n) is 12.9. The van der Waals surface area contributed by atoms with Gasteiger partial charge in [-0.2, -0.15) is 0 Å². The normalized spacial score (nSPS) is 18.4. The van der Waals surface area contributed by atoms with Crippen LogP contribution in [0.5, 0.6) is 0 Å². The van der Waals surface area contributed by atoms with Crippen LogP contribution in [0.2, 0.25) is 0 Å². The molecule has 1 saturated heterocycles. The molecule has 1 fully saturated rings. The molecule has 0 bridgehead atoms. The molecule has 0 unspecified atom stereocenters. The molecular formula is C15H18N2O5S2. The maximum absolute atomic E-state index is 12.0. The summed E-state index contributed by atoms with van der Waals surface area (Å²) < 4.78 is 36.6. The van der Waals surface area contributed by atoms with E-state index >= 15 is 0 Å². The van der Waals surface area contributed by atoms with Crippen molar-refractivity contribution >= 4 is 27.3 Å². The van der Waals surface area contributed by atoms with Crippen molar-refractivity contribution in [3.63, 3.8) is 0 Å². The molecule has 0 saturated carbocycles. The zero-order valence-corrected chi connectivity index (χ0v) is 14.6. The van der Waals surface area contributed by atoms with Crippen molar-refractivity contribution in [2.75, 3.05) is 12.4 Å². The molecule has 2 aromatic rings. The minimum absolute atomic E-state index is 0.0842. The number of rotatable bonds is 6. The Bertz CT molecular complexity index is 777. The van der Waals surface area contributed by atoms with Crippen LogP contribution in [0.1, 0.15) is 25.0 Å². The highest BCUT2D eigenvalue weighted by Gasteiger charge is 2.24. The van der Waals surface area contributed by atoms with Crippen molar-refractivity contribution in [3.8, 4) is 10.6 Å². The van der Waals surface area contributed by atoms with Crippen molar-refractivity contribution in [3.05, 3.63) is 29.7 Å². The third-order valence-electron chi connectivity index (χ3n) is 3.61. The van der Waals surface area contributed by atoms with Gasteiger partial charge in [0.2, 0.25) is 15.9 Å². The van der Waals surface area contributed by atoms with E-state index in [0.717, 1.165) is 23.4 Å². The fourth-order valence-corrected chi connectivity index (χ4v) is 4.57. The summed E-state index contributed by atoms with van der Waals surface area (Å²) in [6.07, 6.45) is 5.29. The van der Waals surface area contributed by atoms with Gasteiger partial charge in [0.25, 0.3) is 0 Å². The number of sulfonamides is 1. The second-order valence-corrected chi connectivity index (χ2v) is 8.25. The first-order valence-electron chi connectivity index (χ1n) is 7.64. The predicted molar refractivity (Wildman–Crippen MR) is 89.0 cm³/mol. The summed E-state index contributed by atoms with van der Waals surface area (Å²) in [5.74, 6) is -0.773. The molecule has 0 aromatic carbocycles.